The number of ether oxygens (including phenoxy) is 1. The van der Waals surface area contributed by atoms with Crippen LogP contribution in [0.25, 0.3) is 0 Å². The van der Waals surface area contributed by atoms with E-state index in [1.54, 1.807) is 18.3 Å². The average Bonchev–Trinajstić information content (AvgIpc) is 3.05. The topological polar surface area (TPSA) is 75.8 Å². The Balaban J connectivity index is 1.89. The van der Waals surface area contributed by atoms with E-state index in [2.05, 4.69) is 28.4 Å². The van der Waals surface area contributed by atoms with Crippen molar-refractivity contribution in [3.8, 4) is 6.07 Å². The Morgan fingerprint density at radius 3 is 2.95 bits per heavy atom. The zero-order valence-electron chi connectivity index (χ0n) is 13.0. The average molecular weight is 297 g/mol. The number of rotatable bonds is 3. The van der Waals surface area contributed by atoms with Gasteiger partial charge in [0.15, 0.2) is 0 Å². The van der Waals surface area contributed by atoms with Gasteiger partial charge in [-0.15, -0.1) is 0 Å². The fourth-order valence-electron chi connectivity index (χ4n) is 3.01. The Kier molecular flexibility index (Phi) is 3.82. The SMILES string of the molecule is Cc1nn(C)c(C)c1[C@H]1OCC[C@@H]1Nc1ncccc1C#N. The summed E-state index contributed by atoms with van der Waals surface area (Å²) in [7, 11) is 1.94. The van der Waals surface area contributed by atoms with Crippen molar-refractivity contribution < 1.29 is 4.74 Å². The smallest absolute Gasteiger partial charge is 0.144 e. The lowest BCUT2D eigenvalue weighted by atomic mass is 10.00. The lowest BCUT2D eigenvalue weighted by molar-refractivity contribution is 0.106. The van der Waals surface area contributed by atoms with E-state index in [1.807, 2.05) is 18.7 Å². The first-order chi connectivity index (χ1) is 10.6. The summed E-state index contributed by atoms with van der Waals surface area (Å²) in [4.78, 5) is 4.28. The summed E-state index contributed by atoms with van der Waals surface area (Å²) in [5.41, 5.74) is 3.78. The second kappa shape index (κ2) is 5.78. The van der Waals surface area contributed by atoms with Crippen LogP contribution in [-0.2, 0) is 11.8 Å². The molecule has 1 aliphatic heterocycles. The number of nitrogens with zero attached hydrogens (tertiary/aromatic N) is 4. The molecular weight excluding hydrogens is 278 g/mol. The molecule has 3 heterocycles. The molecule has 1 saturated heterocycles. The highest BCUT2D eigenvalue weighted by Crippen LogP contribution is 2.34. The summed E-state index contributed by atoms with van der Waals surface area (Å²) < 4.78 is 7.83. The summed E-state index contributed by atoms with van der Waals surface area (Å²) in [6, 6.07) is 5.79. The van der Waals surface area contributed by atoms with E-state index in [9.17, 15) is 5.26 Å². The number of aryl methyl sites for hydroxylation is 2. The number of pyridine rings is 1. The van der Waals surface area contributed by atoms with E-state index in [-0.39, 0.29) is 12.1 Å². The summed E-state index contributed by atoms with van der Waals surface area (Å²) in [5.74, 6) is 0.615. The molecule has 6 heteroatoms. The number of aromatic nitrogens is 3. The molecule has 0 saturated carbocycles. The molecule has 3 rings (SSSR count). The molecule has 22 heavy (non-hydrogen) atoms. The Bertz CT molecular complexity index is 731. The van der Waals surface area contributed by atoms with Crippen molar-refractivity contribution in [3.63, 3.8) is 0 Å². The van der Waals surface area contributed by atoms with Gasteiger partial charge in [-0.2, -0.15) is 10.4 Å². The summed E-state index contributed by atoms with van der Waals surface area (Å²) in [6.07, 6.45) is 2.50. The van der Waals surface area contributed by atoms with Crippen molar-refractivity contribution in [2.75, 3.05) is 11.9 Å². The Labute approximate surface area is 129 Å². The molecule has 2 aromatic heterocycles. The third kappa shape index (κ3) is 2.44. The first-order valence-electron chi connectivity index (χ1n) is 7.35. The third-order valence-corrected chi connectivity index (χ3v) is 4.19. The van der Waals surface area contributed by atoms with E-state index in [4.69, 9.17) is 4.74 Å². The number of hydrogen-bond acceptors (Lipinski definition) is 5. The molecule has 0 unspecified atom stereocenters. The van der Waals surface area contributed by atoms with E-state index < -0.39 is 0 Å². The summed E-state index contributed by atoms with van der Waals surface area (Å²) in [5, 5.41) is 17.0. The molecule has 0 aliphatic carbocycles. The van der Waals surface area contributed by atoms with Gasteiger partial charge in [-0.05, 0) is 32.4 Å². The van der Waals surface area contributed by atoms with Crippen LogP contribution in [0.15, 0.2) is 18.3 Å². The van der Waals surface area contributed by atoms with Gasteiger partial charge in [0.2, 0.25) is 0 Å². The number of nitriles is 1. The molecule has 0 bridgehead atoms. The third-order valence-electron chi connectivity index (χ3n) is 4.19. The van der Waals surface area contributed by atoms with Crippen LogP contribution < -0.4 is 5.32 Å². The van der Waals surface area contributed by atoms with Crippen LogP contribution in [0.1, 0.15) is 35.0 Å². The number of anilines is 1. The highest BCUT2D eigenvalue weighted by Gasteiger charge is 2.34. The largest absolute Gasteiger partial charge is 0.371 e. The second-order valence-electron chi connectivity index (χ2n) is 5.55. The molecule has 114 valence electrons. The van der Waals surface area contributed by atoms with Gasteiger partial charge in [0.1, 0.15) is 18.0 Å². The van der Waals surface area contributed by atoms with Crippen LogP contribution >= 0.6 is 0 Å². The maximum absolute atomic E-state index is 9.19. The van der Waals surface area contributed by atoms with Gasteiger partial charge in [0.25, 0.3) is 0 Å². The Morgan fingerprint density at radius 1 is 1.45 bits per heavy atom. The molecule has 0 amide bonds. The predicted molar refractivity (Wildman–Crippen MR) is 82.4 cm³/mol. The summed E-state index contributed by atoms with van der Waals surface area (Å²) >= 11 is 0. The van der Waals surface area contributed by atoms with Gasteiger partial charge in [-0.25, -0.2) is 4.98 Å². The van der Waals surface area contributed by atoms with Crippen LogP contribution in [0.4, 0.5) is 5.82 Å². The van der Waals surface area contributed by atoms with Crippen LogP contribution in [-0.4, -0.2) is 27.4 Å². The Hall–Kier alpha value is -2.39. The fourth-order valence-corrected chi connectivity index (χ4v) is 3.01. The first kappa shape index (κ1) is 14.5. The Morgan fingerprint density at radius 2 is 2.27 bits per heavy atom. The van der Waals surface area contributed by atoms with Gasteiger partial charge in [0.05, 0.1) is 17.3 Å². The standard InChI is InChI=1S/C16H19N5O/c1-10-14(11(2)21(3)20-10)15-13(6-8-22-15)19-16-12(9-17)5-4-7-18-16/h4-5,7,13,15H,6,8H2,1-3H3,(H,18,19)/t13-,15-/m0/s1. The van der Waals surface area contributed by atoms with Crippen molar-refractivity contribution in [1.29, 1.82) is 5.26 Å². The van der Waals surface area contributed by atoms with Gasteiger partial charge in [0, 0.05) is 31.1 Å². The van der Waals surface area contributed by atoms with Crippen LogP contribution in [0.2, 0.25) is 0 Å². The van der Waals surface area contributed by atoms with Crippen molar-refractivity contribution in [2.24, 2.45) is 7.05 Å². The second-order valence-corrected chi connectivity index (χ2v) is 5.55. The lowest BCUT2D eigenvalue weighted by Gasteiger charge is -2.21. The molecule has 1 fully saturated rings. The molecule has 0 aromatic carbocycles. The maximum Gasteiger partial charge on any atom is 0.144 e. The quantitative estimate of drug-likeness (QED) is 0.940. The van der Waals surface area contributed by atoms with Crippen molar-refractivity contribution >= 4 is 5.82 Å². The lowest BCUT2D eigenvalue weighted by Crippen LogP contribution is -2.25. The molecule has 2 aromatic rings. The highest BCUT2D eigenvalue weighted by molar-refractivity contribution is 5.52. The van der Waals surface area contributed by atoms with Crippen molar-refractivity contribution in [1.82, 2.24) is 14.8 Å². The minimum atomic E-state index is -0.0674. The fraction of sp³-hybridized carbons (Fsp3) is 0.438. The predicted octanol–water partition coefficient (Wildman–Crippen LogP) is 2.25. The normalized spacial score (nSPS) is 20.8. The van der Waals surface area contributed by atoms with E-state index in [1.165, 1.54) is 0 Å². The van der Waals surface area contributed by atoms with Gasteiger partial charge in [-0.1, -0.05) is 0 Å². The van der Waals surface area contributed by atoms with E-state index in [0.29, 0.717) is 18.0 Å². The minimum Gasteiger partial charge on any atom is -0.371 e. The molecule has 1 aliphatic rings. The molecule has 0 radical (unpaired) electrons. The monoisotopic (exact) mass is 297 g/mol. The van der Waals surface area contributed by atoms with Crippen molar-refractivity contribution in [3.05, 3.63) is 40.8 Å². The van der Waals surface area contributed by atoms with Crippen molar-refractivity contribution in [2.45, 2.75) is 32.4 Å². The first-order valence-corrected chi connectivity index (χ1v) is 7.35. The molecule has 6 nitrogen and oxygen atoms in total. The van der Waals surface area contributed by atoms with Crippen LogP contribution in [0.5, 0.6) is 0 Å². The van der Waals surface area contributed by atoms with E-state index in [0.717, 1.165) is 23.4 Å². The van der Waals surface area contributed by atoms with Crippen LogP contribution in [0.3, 0.4) is 0 Å². The number of nitrogens with one attached hydrogen (secondary N) is 1. The van der Waals surface area contributed by atoms with Crippen LogP contribution in [0, 0.1) is 25.2 Å². The zero-order chi connectivity index (χ0) is 15.7. The highest BCUT2D eigenvalue weighted by atomic mass is 16.5. The minimum absolute atomic E-state index is 0.0674. The molecule has 1 N–H and O–H groups in total. The van der Waals surface area contributed by atoms with Gasteiger partial charge in [-0.3, -0.25) is 4.68 Å². The van der Waals surface area contributed by atoms with Gasteiger partial charge >= 0.3 is 0 Å². The zero-order valence-corrected chi connectivity index (χ0v) is 13.0. The molecule has 0 spiro atoms. The molecular formula is C16H19N5O. The maximum atomic E-state index is 9.19. The van der Waals surface area contributed by atoms with E-state index >= 15 is 0 Å². The summed E-state index contributed by atoms with van der Waals surface area (Å²) in [6.45, 7) is 4.74. The number of hydrogen-bond donors (Lipinski definition) is 1. The van der Waals surface area contributed by atoms with Gasteiger partial charge < -0.3 is 10.1 Å². The molecule has 2 atom stereocenters.